The number of amides is 2. The number of carbonyl (C=O) groups is 2. The Bertz CT molecular complexity index is 231. The van der Waals surface area contributed by atoms with Gasteiger partial charge in [0.05, 0.1) is 0 Å². The molecule has 0 aromatic heterocycles. The first-order valence-electron chi connectivity index (χ1n) is 6.37. The Kier molecular flexibility index (Phi) is 10.0. The number of rotatable bonds is 5. The first kappa shape index (κ1) is 16.7. The lowest BCUT2D eigenvalue weighted by Crippen LogP contribution is -2.33. The second-order valence-corrected chi connectivity index (χ2v) is 4.30. The summed E-state index contributed by atoms with van der Waals surface area (Å²) in [6, 6.07) is -1.47. The fourth-order valence-corrected chi connectivity index (χ4v) is 1.56. The van der Waals surface area contributed by atoms with Gasteiger partial charge in [0.25, 0.3) is 0 Å². The van der Waals surface area contributed by atoms with Gasteiger partial charge in [0.1, 0.15) is 6.04 Å². The molecule has 1 aliphatic carbocycles. The largest absolute Gasteiger partial charge is 0.480 e. The third-order valence-corrected chi connectivity index (χ3v) is 2.62. The van der Waals surface area contributed by atoms with E-state index in [9.17, 15) is 9.59 Å². The fourth-order valence-electron chi connectivity index (χ4n) is 1.56. The van der Waals surface area contributed by atoms with Crippen molar-refractivity contribution in [3.8, 4) is 0 Å². The summed E-state index contributed by atoms with van der Waals surface area (Å²) < 4.78 is 0. The molecule has 18 heavy (non-hydrogen) atoms. The summed E-state index contributed by atoms with van der Waals surface area (Å²) in [4.78, 5) is 20.3. The van der Waals surface area contributed by atoms with Crippen LogP contribution in [0.5, 0.6) is 0 Å². The number of carbonyl (C=O) groups excluding carboxylic acids is 1. The van der Waals surface area contributed by atoms with Crippen molar-refractivity contribution in [1.29, 1.82) is 0 Å². The smallest absolute Gasteiger partial charge is 0.320 e. The van der Waals surface area contributed by atoms with Crippen LogP contribution in [0, 0.1) is 6.42 Å². The van der Waals surface area contributed by atoms with Crippen molar-refractivity contribution in [1.82, 2.24) is 5.32 Å². The van der Waals surface area contributed by atoms with E-state index in [4.69, 9.17) is 16.6 Å². The van der Waals surface area contributed by atoms with Gasteiger partial charge in [-0.15, -0.1) is 0 Å². The average molecular weight is 258 g/mol. The molecule has 1 aliphatic rings. The Labute approximate surface area is 108 Å². The number of nitrogens with two attached hydrogens (primary N) is 2. The normalized spacial score (nSPS) is 16.1. The van der Waals surface area contributed by atoms with Crippen LogP contribution in [0.1, 0.15) is 44.9 Å². The summed E-state index contributed by atoms with van der Waals surface area (Å²) in [5, 5.41) is 10.7. The van der Waals surface area contributed by atoms with E-state index in [1.807, 2.05) is 0 Å². The predicted octanol–water partition coefficient (Wildman–Crippen LogP) is 1.00. The number of hydrogen-bond donors (Lipinski definition) is 4. The van der Waals surface area contributed by atoms with Crippen LogP contribution in [-0.2, 0) is 4.79 Å². The molecule has 0 bridgehead atoms. The van der Waals surface area contributed by atoms with Crippen molar-refractivity contribution in [2.75, 3.05) is 6.54 Å². The van der Waals surface area contributed by atoms with Gasteiger partial charge >= 0.3 is 12.0 Å². The lowest BCUT2D eigenvalue weighted by atomic mass is 10.0. The van der Waals surface area contributed by atoms with E-state index in [2.05, 4.69) is 11.7 Å². The lowest BCUT2D eigenvalue weighted by Gasteiger charge is -2.05. The number of urea groups is 1. The molecule has 2 amide bonds. The van der Waals surface area contributed by atoms with Crippen LogP contribution in [0.3, 0.4) is 0 Å². The number of primary amides is 1. The molecule has 1 radical (unpaired) electrons. The zero-order valence-corrected chi connectivity index (χ0v) is 10.7. The van der Waals surface area contributed by atoms with Crippen molar-refractivity contribution in [2.24, 2.45) is 11.5 Å². The van der Waals surface area contributed by atoms with Crippen molar-refractivity contribution in [3.63, 3.8) is 0 Å². The van der Waals surface area contributed by atoms with Crippen LogP contribution in [0.2, 0.25) is 0 Å². The van der Waals surface area contributed by atoms with Gasteiger partial charge in [-0.05, 0) is 19.3 Å². The summed E-state index contributed by atoms with van der Waals surface area (Å²) in [6.07, 6.45) is 10.3. The van der Waals surface area contributed by atoms with Gasteiger partial charge in [-0.3, -0.25) is 4.79 Å². The summed E-state index contributed by atoms with van der Waals surface area (Å²) in [5.41, 5.74) is 9.96. The van der Waals surface area contributed by atoms with E-state index in [0.29, 0.717) is 19.4 Å². The van der Waals surface area contributed by atoms with Crippen molar-refractivity contribution >= 4 is 12.0 Å². The molecule has 1 fully saturated rings. The van der Waals surface area contributed by atoms with Crippen molar-refractivity contribution < 1.29 is 14.7 Å². The second kappa shape index (κ2) is 10.8. The molecule has 0 saturated heterocycles. The maximum atomic E-state index is 10.2. The van der Waals surface area contributed by atoms with Gasteiger partial charge in [-0.2, -0.15) is 0 Å². The van der Waals surface area contributed by atoms with Crippen LogP contribution < -0.4 is 16.8 Å². The molecule has 1 rings (SSSR count). The number of carboxylic acids is 1. The first-order chi connectivity index (χ1) is 8.54. The average Bonchev–Trinajstić information content (AvgIpc) is 2.37. The topological polar surface area (TPSA) is 118 Å². The summed E-state index contributed by atoms with van der Waals surface area (Å²) in [6.45, 7) is 0.357. The molecule has 1 atom stereocenters. The van der Waals surface area contributed by atoms with Gasteiger partial charge in [-0.1, -0.05) is 32.1 Å². The monoisotopic (exact) mass is 258 g/mol. The Morgan fingerprint density at radius 2 is 1.89 bits per heavy atom. The molecular formula is C12H24N3O3. The van der Waals surface area contributed by atoms with Gasteiger partial charge < -0.3 is 21.9 Å². The van der Waals surface area contributed by atoms with Crippen LogP contribution >= 0.6 is 0 Å². The van der Waals surface area contributed by atoms with Gasteiger partial charge in [-0.25, -0.2) is 4.79 Å². The minimum atomic E-state index is -1.03. The maximum absolute atomic E-state index is 10.2. The standard InChI is InChI=1S/C6H13N3O3.C6H11/c7-4(5(10)11)2-1-3-9-6(8)12;1-2-4-6-5-3-1/h4H,1-3,7H2,(H,10,11)(H3,8,9,12);1H,2-6H2/t4-;/m0./s1. The van der Waals surface area contributed by atoms with E-state index >= 15 is 0 Å². The molecule has 0 aliphatic heterocycles. The minimum Gasteiger partial charge on any atom is -0.480 e. The predicted molar refractivity (Wildman–Crippen MR) is 69.8 cm³/mol. The zero-order valence-electron chi connectivity index (χ0n) is 10.7. The van der Waals surface area contributed by atoms with Gasteiger partial charge in [0, 0.05) is 6.54 Å². The number of carboxylic acid groups (broad SMARTS) is 1. The lowest BCUT2D eigenvalue weighted by molar-refractivity contribution is -0.138. The van der Waals surface area contributed by atoms with E-state index in [0.717, 1.165) is 0 Å². The number of nitrogens with one attached hydrogen (secondary N) is 1. The Hall–Kier alpha value is -1.30. The molecule has 105 valence electrons. The highest BCUT2D eigenvalue weighted by Crippen LogP contribution is 2.14. The number of hydrogen-bond acceptors (Lipinski definition) is 3. The third-order valence-electron chi connectivity index (χ3n) is 2.62. The van der Waals surface area contributed by atoms with E-state index < -0.39 is 18.0 Å². The van der Waals surface area contributed by atoms with Crippen LogP contribution in [-0.4, -0.2) is 29.7 Å². The molecule has 0 aromatic carbocycles. The van der Waals surface area contributed by atoms with Crippen molar-refractivity contribution in [3.05, 3.63) is 6.42 Å². The van der Waals surface area contributed by atoms with Gasteiger partial charge in [0.2, 0.25) is 0 Å². The molecule has 6 N–H and O–H groups in total. The molecule has 0 aromatic rings. The maximum Gasteiger partial charge on any atom is 0.320 e. The summed E-state index contributed by atoms with van der Waals surface area (Å²) in [7, 11) is 0. The van der Waals surface area contributed by atoms with Crippen LogP contribution in [0.4, 0.5) is 4.79 Å². The highest BCUT2D eigenvalue weighted by atomic mass is 16.4. The van der Waals surface area contributed by atoms with E-state index in [1.54, 1.807) is 0 Å². The van der Waals surface area contributed by atoms with Crippen LogP contribution in [0.25, 0.3) is 0 Å². The molecule has 0 unspecified atom stereocenters. The van der Waals surface area contributed by atoms with Crippen LogP contribution in [0.15, 0.2) is 0 Å². The Balaban J connectivity index is 0.000000397. The SMILES string of the molecule is NC(=O)NCCC[C@H](N)C(=O)O.[CH]1CCCCC1. The molecule has 6 nitrogen and oxygen atoms in total. The van der Waals surface area contributed by atoms with Crippen molar-refractivity contribution in [2.45, 2.75) is 51.0 Å². The third kappa shape index (κ3) is 11.2. The van der Waals surface area contributed by atoms with E-state index in [1.165, 1.54) is 32.1 Å². The minimum absolute atomic E-state index is 0.329. The first-order valence-corrected chi connectivity index (χ1v) is 6.37. The summed E-state index contributed by atoms with van der Waals surface area (Å²) >= 11 is 0. The highest BCUT2D eigenvalue weighted by molar-refractivity contribution is 5.73. The molecular weight excluding hydrogens is 234 g/mol. The fraction of sp³-hybridized carbons (Fsp3) is 0.750. The number of aliphatic carboxylic acids is 1. The molecule has 0 spiro atoms. The Morgan fingerprint density at radius 3 is 2.22 bits per heavy atom. The Morgan fingerprint density at radius 1 is 1.28 bits per heavy atom. The molecule has 1 saturated carbocycles. The second-order valence-electron chi connectivity index (χ2n) is 4.30. The zero-order chi connectivity index (χ0) is 13.8. The molecule has 0 heterocycles. The highest BCUT2D eigenvalue weighted by Gasteiger charge is 2.09. The summed E-state index contributed by atoms with van der Waals surface area (Å²) in [5.74, 6) is -1.03. The van der Waals surface area contributed by atoms with E-state index in [-0.39, 0.29) is 0 Å². The van der Waals surface area contributed by atoms with Gasteiger partial charge in [0.15, 0.2) is 0 Å². The molecule has 6 heteroatoms. The quantitative estimate of drug-likeness (QED) is 0.550.